The third kappa shape index (κ3) is 2.32. The Balaban J connectivity index is 3.01. The molecule has 0 aliphatic carbocycles. The second-order valence-corrected chi connectivity index (χ2v) is 4.11. The predicted octanol–water partition coefficient (Wildman–Crippen LogP) is 1.94. The van der Waals surface area contributed by atoms with Crippen LogP contribution < -0.4 is 5.73 Å². The monoisotopic (exact) mass is 297 g/mol. The molecule has 1 atom stereocenters. The molecule has 1 rings (SSSR count). The van der Waals surface area contributed by atoms with Crippen molar-refractivity contribution in [1.82, 2.24) is 0 Å². The van der Waals surface area contributed by atoms with Gasteiger partial charge in [0.1, 0.15) is 0 Å². The summed E-state index contributed by atoms with van der Waals surface area (Å²) in [6.45, 7) is -0.0830. The zero-order chi connectivity index (χ0) is 9.14. The van der Waals surface area contributed by atoms with Crippen LogP contribution in [0.2, 0.25) is 5.02 Å². The molecule has 0 heterocycles. The van der Waals surface area contributed by atoms with Crippen LogP contribution in [0.5, 0.6) is 0 Å². The van der Waals surface area contributed by atoms with Crippen molar-refractivity contribution in [3.8, 4) is 0 Å². The molecule has 0 bridgehead atoms. The van der Waals surface area contributed by atoms with Crippen LogP contribution in [0.4, 0.5) is 0 Å². The van der Waals surface area contributed by atoms with Gasteiger partial charge in [-0.1, -0.05) is 17.7 Å². The molecule has 0 saturated carbocycles. The molecule has 0 amide bonds. The molecular weight excluding hydrogens is 288 g/mol. The number of nitrogens with two attached hydrogens (primary N) is 1. The summed E-state index contributed by atoms with van der Waals surface area (Å²) in [6, 6.07) is 5.20. The van der Waals surface area contributed by atoms with Crippen LogP contribution in [0, 0.1) is 3.57 Å². The first-order chi connectivity index (χ1) is 5.65. The zero-order valence-corrected chi connectivity index (χ0v) is 9.21. The minimum absolute atomic E-state index is 0.0830. The fraction of sp³-hybridized carbons (Fsp3) is 0.250. The van der Waals surface area contributed by atoms with E-state index in [1.807, 2.05) is 18.2 Å². The first-order valence-corrected chi connectivity index (χ1v) is 4.92. The number of hydrogen-bond donors (Lipinski definition) is 2. The molecule has 0 aromatic heterocycles. The van der Waals surface area contributed by atoms with E-state index in [0.717, 1.165) is 9.13 Å². The number of aliphatic hydroxyl groups excluding tert-OH is 1. The average Bonchev–Trinajstić information content (AvgIpc) is 2.03. The van der Waals surface area contributed by atoms with Gasteiger partial charge in [-0.25, -0.2) is 0 Å². The molecular formula is C8H9ClINO. The Labute approximate surface area is 89.9 Å². The largest absolute Gasteiger partial charge is 0.394 e. The van der Waals surface area contributed by atoms with E-state index in [1.165, 1.54) is 0 Å². The van der Waals surface area contributed by atoms with Crippen molar-refractivity contribution in [2.45, 2.75) is 6.04 Å². The molecule has 0 aliphatic rings. The van der Waals surface area contributed by atoms with Crippen LogP contribution in [0.15, 0.2) is 18.2 Å². The molecule has 1 aromatic rings. The third-order valence-corrected chi connectivity index (χ3v) is 2.56. The van der Waals surface area contributed by atoms with E-state index in [4.69, 9.17) is 22.4 Å². The minimum Gasteiger partial charge on any atom is -0.394 e. The number of halogens is 2. The Bertz CT molecular complexity index is 280. The molecule has 0 spiro atoms. The van der Waals surface area contributed by atoms with Crippen LogP contribution in [0.1, 0.15) is 11.6 Å². The summed E-state index contributed by atoms with van der Waals surface area (Å²) in [7, 11) is 0. The van der Waals surface area contributed by atoms with Crippen molar-refractivity contribution in [3.63, 3.8) is 0 Å². The van der Waals surface area contributed by atoms with Gasteiger partial charge < -0.3 is 10.8 Å². The van der Waals surface area contributed by atoms with E-state index in [9.17, 15) is 0 Å². The van der Waals surface area contributed by atoms with Gasteiger partial charge in [0, 0.05) is 8.59 Å². The Morgan fingerprint density at radius 1 is 1.58 bits per heavy atom. The fourth-order valence-corrected chi connectivity index (χ4v) is 1.90. The van der Waals surface area contributed by atoms with Gasteiger partial charge in [0.15, 0.2) is 0 Å². The standard InChI is InChI=1S/C8H9ClINO/c9-7-3-5(10)1-2-6(7)8(11)4-12/h1-3,8,12H,4,11H2. The summed E-state index contributed by atoms with van der Waals surface area (Å²) in [5, 5.41) is 9.41. The second-order valence-electron chi connectivity index (χ2n) is 2.45. The van der Waals surface area contributed by atoms with Crippen LogP contribution in [-0.2, 0) is 0 Å². The maximum absolute atomic E-state index is 8.80. The first kappa shape index (κ1) is 10.2. The van der Waals surface area contributed by atoms with Gasteiger partial charge in [0.05, 0.1) is 12.6 Å². The topological polar surface area (TPSA) is 46.2 Å². The maximum Gasteiger partial charge on any atom is 0.0624 e. The lowest BCUT2D eigenvalue weighted by molar-refractivity contribution is 0.268. The Morgan fingerprint density at radius 2 is 2.25 bits per heavy atom. The molecule has 0 aliphatic heterocycles. The van der Waals surface area contributed by atoms with Crippen LogP contribution >= 0.6 is 34.2 Å². The summed E-state index contributed by atoms with van der Waals surface area (Å²) >= 11 is 8.08. The maximum atomic E-state index is 8.80. The normalized spacial score (nSPS) is 13.0. The highest BCUT2D eigenvalue weighted by Crippen LogP contribution is 2.23. The van der Waals surface area contributed by atoms with Crippen molar-refractivity contribution in [2.75, 3.05) is 6.61 Å². The van der Waals surface area contributed by atoms with E-state index in [1.54, 1.807) is 0 Å². The van der Waals surface area contributed by atoms with Crippen molar-refractivity contribution in [1.29, 1.82) is 0 Å². The van der Waals surface area contributed by atoms with Crippen molar-refractivity contribution < 1.29 is 5.11 Å². The lowest BCUT2D eigenvalue weighted by Gasteiger charge is -2.10. The Hall–Kier alpha value is 0.160. The number of benzene rings is 1. The van der Waals surface area contributed by atoms with Gasteiger partial charge in [-0.15, -0.1) is 0 Å². The summed E-state index contributed by atoms with van der Waals surface area (Å²) in [4.78, 5) is 0. The van der Waals surface area contributed by atoms with Gasteiger partial charge in [0.2, 0.25) is 0 Å². The van der Waals surface area contributed by atoms with Gasteiger partial charge in [0.25, 0.3) is 0 Å². The molecule has 12 heavy (non-hydrogen) atoms. The van der Waals surface area contributed by atoms with Gasteiger partial charge in [-0.05, 0) is 40.3 Å². The minimum atomic E-state index is -0.380. The van der Waals surface area contributed by atoms with Crippen LogP contribution in [0.3, 0.4) is 0 Å². The van der Waals surface area contributed by atoms with E-state index in [0.29, 0.717) is 5.02 Å². The van der Waals surface area contributed by atoms with Crippen LogP contribution in [-0.4, -0.2) is 11.7 Å². The first-order valence-electron chi connectivity index (χ1n) is 3.46. The van der Waals surface area contributed by atoms with Crippen LogP contribution in [0.25, 0.3) is 0 Å². The van der Waals surface area contributed by atoms with Gasteiger partial charge >= 0.3 is 0 Å². The molecule has 1 aromatic carbocycles. The van der Waals surface area contributed by atoms with Crippen molar-refractivity contribution >= 4 is 34.2 Å². The molecule has 4 heteroatoms. The lowest BCUT2D eigenvalue weighted by Crippen LogP contribution is -2.14. The Morgan fingerprint density at radius 3 is 2.75 bits per heavy atom. The fourth-order valence-electron chi connectivity index (χ4n) is 0.901. The number of rotatable bonds is 2. The molecule has 0 radical (unpaired) electrons. The van der Waals surface area contributed by atoms with Gasteiger partial charge in [-0.3, -0.25) is 0 Å². The lowest BCUT2D eigenvalue weighted by atomic mass is 10.1. The summed E-state index contributed by atoms with van der Waals surface area (Å²) < 4.78 is 1.06. The van der Waals surface area contributed by atoms with E-state index in [-0.39, 0.29) is 12.6 Å². The van der Waals surface area contributed by atoms with Crippen molar-refractivity contribution in [2.24, 2.45) is 5.73 Å². The summed E-state index contributed by atoms with van der Waals surface area (Å²) in [5.41, 5.74) is 6.40. The molecule has 1 unspecified atom stereocenters. The van der Waals surface area contributed by atoms with E-state index in [2.05, 4.69) is 22.6 Å². The average molecular weight is 298 g/mol. The molecule has 0 fully saturated rings. The Kier molecular flexibility index (Phi) is 3.77. The summed E-state index contributed by atoms with van der Waals surface area (Å²) in [6.07, 6.45) is 0. The number of hydrogen-bond acceptors (Lipinski definition) is 2. The second kappa shape index (κ2) is 4.41. The van der Waals surface area contributed by atoms with Gasteiger partial charge in [-0.2, -0.15) is 0 Å². The zero-order valence-electron chi connectivity index (χ0n) is 6.30. The van der Waals surface area contributed by atoms with Crippen molar-refractivity contribution in [3.05, 3.63) is 32.4 Å². The molecule has 66 valence electrons. The quantitative estimate of drug-likeness (QED) is 0.820. The summed E-state index contributed by atoms with van der Waals surface area (Å²) in [5.74, 6) is 0. The van der Waals surface area contributed by atoms with E-state index < -0.39 is 0 Å². The third-order valence-electron chi connectivity index (χ3n) is 1.56. The SMILES string of the molecule is NC(CO)c1ccc(I)cc1Cl. The highest BCUT2D eigenvalue weighted by atomic mass is 127. The number of aliphatic hydroxyl groups is 1. The molecule has 3 N–H and O–H groups in total. The highest BCUT2D eigenvalue weighted by molar-refractivity contribution is 14.1. The smallest absolute Gasteiger partial charge is 0.0624 e. The highest BCUT2D eigenvalue weighted by Gasteiger charge is 2.08. The van der Waals surface area contributed by atoms with E-state index >= 15 is 0 Å². The molecule has 2 nitrogen and oxygen atoms in total. The molecule has 0 saturated heterocycles. The predicted molar refractivity (Wildman–Crippen MR) is 58.2 cm³/mol.